The van der Waals surface area contributed by atoms with Gasteiger partial charge in [0.2, 0.25) is 0 Å². The topological polar surface area (TPSA) is 83.3 Å². The van der Waals surface area contributed by atoms with E-state index in [2.05, 4.69) is 15.6 Å². The van der Waals surface area contributed by atoms with Crippen LogP contribution < -0.4 is 5.32 Å². The van der Waals surface area contributed by atoms with Crippen LogP contribution in [0.5, 0.6) is 0 Å². The number of likely N-dealkylation sites (N-methyl/N-ethyl adjacent to an activating group) is 1. The van der Waals surface area contributed by atoms with Gasteiger partial charge in [-0.15, -0.1) is 5.10 Å². The fourth-order valence-electron chi connectivity index (χ4n) is 1.46. The number of nitrogens with zero attached hydrogens (tertiary/aromatic N) is 4. The summed E-state index contributed by atoms with van der Waals surface area (Å²) >= 11 is 0. The summed E-state index contributed by atoms with van der Waals surface area (Å²) in [6.45, 7) is 1.98. The van der Waals surface area contributed by atoms with E-state index in [4.69, 9.17) is 5.11 Å². The van der Waals surface area contributed by atoms with Crippen molar-refractivity contribution in [2.45, 2.75) is 6.04 Å². The van der Waals surface area contributed by atoms with Crippen LogP contribution in [0, 0.1) is 0 Å². The molecule has 0 spiro atoms. The summed E-state index contributed by atoms with van der Waals surface area (Å²) in [5.41, 5.74) is 0.322. The summed E-state index contributed by atoms with van der Waals surface area (Å²) in [6, 6.07) is 0.303. The van der Waals surface area contributed by atoms with Crippen LogP contribution in [0.4, 0.5) is 0 Å². The van der Waals surface area contributed by atoms with Gasteiger partial charge < -0.3 is 15.3 Å². The molecule has 1 aromatic heterocycles. The zero-order valence-corrected chi connectivity index (χ0v) is 9.13. The average Bonchev–Trinajstić information content (AvgIpc) is 2.63. The molecular weight excluding hydrogens is 210 g/mol. The lowest BCUT2D eigenvalue weighted by Crippen LogP contribution is -2.43. The first kappa shape index (κ1) is 11.0. The van der Waals surface area contributed by atoms with E-state index >= 15 is 0 Å². The van der Waals surface area contributed by atoms with Gasteiger partial charge in [-0.3, -0.25) is 4.79 Å². The highest BCUT2D eigenvalue weighted by atomic mass is 16.3. The number of amides is 1. The van der Waals surface area contributed by atoms with Crippen molar-refractivity contribution >= 4 is 5.91 Å². The van der Waals surface area contributed by atoms with Crippen LogP contribution in [0.2, 0.25) is 0 Å². The number of rotatable bonds is 4. The van der Waals surface area contributed by atoms with Crippen molar-refractivity contribution in [2.75, 3.05) is 33.3 Å². The van der Waals surface area contributed by atoms with Crippen LogP contribution >= 0.6 is 0 Å². The molecular formula is C9H15N5O2. The first-order chi connectivity index (χ1) is 7.72. The van der Waals surface area contributed by atoms with Gasteiger partial charge >= 0.3 is 0 Å². The Morgan fingerprint density at radius 2 is 2.50 bits per heavy atom. The largest absolute Gasteiger partial charge is 0.395 e. The lowest BCUT2D eigenvalue weighted by atomic mass is 10.2. The number of aliphatic hydroxyl groups excluding tert-OH is 1. The predicted octanol–water partition coefficient (Wildman–Crippen LogP) is -1.51. The van der Waals surface area contributed by atoms with Gasteiger partial charge in [0.05, 0.1) is 18.8 Å². The normalized spacial score (nSPS) is 15.9. The Morgan fingerprint density at radius 3 is 3.06 bits per heavy atom. The Balaban J connectivity index is 2.03. The second-order valence-electron chi connectivity index (χ2n) is 3.85. The molecule has 0 aliphatic carbocycles. The smallest absolute Gasteiger partial charge is 0.275 e. The van der Waals surface area contributed by atoms with Crippen LogP contribution in [0.1, 0.15) is 16.5 Å². The zero-order chi connectivity index (χ0) is 11.5. The van der Waals surface area contributed by atoms with Gasteiger partial charge in [0, 0.05) is 26.7 Å². The van der Waals surface area contributed by atoms with Gasteiger partial charge in [-0.1, -0.05) is 5.21 Å². The fraction of sp³-hybridized carbons (Fsp3) is 0.667. The Morgan fingerprint density at radius 1 is 1.75 bits per heavy atom. The molecule has 7 heteroatoms. The van der Waals surface area contributed by atoms with E-state index in [1.165, 1.54) is 4.90 Å². The molecule has 0 bridgehead atoms. The molecule has 0 saturated carbocycles. The monoisotopic (exact) mass is 225 g/mol. The maximum Gasteiger partial charge on any atom is 0.275 e. The van der Waals surface area contributed by atoms with E-state index in [1.807, 2.05) is 0 Å². The first-order valence-electron chi connectivity index (χ1n) is 5.21. The van der Waals surface area contributed by atoms with E-state index in [1.54, 1.807) is 17.9 Å². The molecule has 1 amide bonds. The molecule has 88 valence electrons. The highest BCUT2D eigenvalue weighted by Crippen LogP contribution is 2.10. The molecule has 2 N–H and O–H groups in total. The summed E-state index contributed by atoms with van der Waals surface area (Å²) < 4.78 is 1.70. The SMILES string of the molecule is CN(CCO)C(=O)c1cn(C2CNC2)nn1. The molecule has 0 atom stereocenters. The van der Waals surface area contributed by atoms with Crippen LogP contribution in [0.25, 0.3) is 0 Å². The minimum Gasteiger partial charge on any atom is -0.395 e. The van der Waals surface area contributed by atoms with Gasteiger partial charge in [-0.25, -0.2) is 4.68 Å². The molecule has 1 saturated heterocycles. The van der Waals surface area contributed by atoms with E-state index in [0.29, 0.717) is 18.3 Å². The summed E-state index contributed by atoms with van der Waals surface area (Å²) in [7, 11) is 1.63. The van der Waals surface area contributed by atoms with E-state index in [-0.39, 0.29) is 12.5 Å². The van der Waals surface area contributed by atoms with Crippen LogP contribution in [0.15, 0.2) is 6.20 Å². The number of hydrogen-bond donors (Lipinski definition) is 2. The Kier molecular flexibility index (Phi) is 3.16. The fourth-order valence-corrected chi connectivity index (χ4v) is 1.46. The molecule has 0 unspecified atom stereocenters. The third kappa shape index (κ3) is 2.05. The van der Waals surface area contributed by atoms with E-state index in [9.17, 15) is 4.79 Å². The summed E-state index contributed by atoms with van der Waals surface area (Å²) in [4.78, 5) is 13.2. The number of aromatic nitrogens is 3. The molecule has 2 rings (SSSR count). The van der Waals surface area contributed by atoms with Crippen LogP contribution in [-0.4, -0.2) is 64.2 Å². The summed E-state index contributed by atoms with van der Waals surface area (Å²) in [5, 5.41) is 19.6. The highest BCUT2D eigenvalue weighted by Gasteiger charge is 2.22. The second kappa shape index (κ2) is 4.58. The van der Waals surface area contributed by atoms with Gasteiger partial charge in [0.1, 0.15) is 0 Å². The van der Waals surface area contributed by atoms with E-state index in [0.717, 1.165) is 13.1 Å². The number of carbonyl (C=O) groups is 1. The van der Waals surface area contributed by atoms with Crippen molar-refractivity contribution < 1.29 is 9.90 Å². The molecule has 0 radical (unpaired) electrons. The van der Waals surface area contributed by atoms with Crippen molar-refractivity contribution in [1.82, 2.24) is 25.2 Å². The third-order valence-corrected chi connectivity index (χ3v) is 2.65. The van der Waals surface area contributed by atoms with Crippen LogP contribution in [0.3, 0.4) is 0 Å². The molecule has 7 nitrogen and oxygen atoms in total. The molecule has 16 heavy (non-hydrogen) atoms. The lowest BCUT2D eigenvalue weighted by Gasteiger charge is -2.26. The van der Waals surface area contributed by atoms with Gasteiger partial charge in [0.25, 0.3) is 5.91 Å². The molecule has 1 aliphatic rings. The average molecular weight is 225 g/mol. The minimum absolute atomic E-state index is 0.0527. The first-order valence-corrected chi connectivity index (χ1v) is 5.21. The van der Waals surface area contributed by atoms with Gasteiger partial charge in [-0.05, 0) is 0 Å². The third-order valence-electron chi connectivity index (χ3n) is 2.65. The molecule has 1 fully saturated rings. The Labute approximate surface area is 93.0 Å². The second-order valence-corrected chi connectivity index (χ2v) is 3.85. The standard InChI is InChI=1S/C9H15N5O2/c1-13(2-3-15)9(16)8-6-14(12-11-8)7-4-10-5-7/h6-7,10,15H,2-5H2,1H3. The maximum absolute atomic E-state index is 11.8. The maximum atomic E-state index is 11.8. The van der Waals surface area contributed by atoms with Crippen LogP contribution in [-0.2, 0) is 0 Å². The van der Waals surface area contributed by atoms with Crippen molar-refractivity contribution in [3.63, 3.8) is 0 Å². The molecule has 1 aliphatic heterocycles. The lowest BCUT2D eigenvalue weighted by molar-refractivity contribution is 0.0761. The van der Waals surface area contributed by atoms with Crippen molar-refractivity contribution in [3.8, 4) is 0 Å². The van der Waals surface area contributed by atoms with Gasteiger partial charge in [0.15, 0.2) is 5.69 Å². The predicted molar refractivity (Wildman–Crippen MR) is 56.0 cm³/mol. The number of aliphatic hydroxyl groups is 1. The highest BCUT2D eigenvalue weighted by molar-refractivity contribution is 5.91. The van der Waals surface area contributed by atoms with E-state index < -0.39 is 0 Å². The number of carbonyl (C=O) groups excluding carboxylic acids is 1. The molecule has 0 aromatic carbocycles. The van der Waals surface area contributed by atoms with Crippen molar-refractivity contribution in [3.05, 3.63) is 11.9 Å². The molecule has 1 aromatic rings. The zero-order valence-electron chi connectivity index (χ0n) is 9.13. The van der Waals surface area contributed by atoms with Crippen molar-refractivity contribution in [1.29, 1.82) is 0 Å². The molecule has 2 heterocycles. The van der Waals surface area contributed by atoms with Crippen molar-refractivity contribution in [2.24, 2.45) is 0 Å². The Bertz CT molecular complexity index is 374. The number of hydrogen-bond acceptors (Lipinski definition) is 5. The number of nitrogens with one attached hydrogen (secondary N) is 1. The minimum atomic E-state index is -0.215. The quantitative estimate of drug-likeness (QED) is 0.650. The Hall–Kier alpha value is -1.47. The van der Waals surface area contributed by atoms with Gasteiger partial charge in [-0.2, -0.15) is 0 Å². The summed E-state index contributed by atoms with van der Waals surface area (Å²) in [6.07, 6.45) is 1.65. The summed E-state index contributed by atoms with van der Waals surface area (Å²) in [5.74, 6) is -0.215.